The molecule has 1 aliphatic heterocycles. The second kappa shape index (κ2) is 6.58. The van der Waals surface area contributed by atoms with E-state index in [-0.39, 0.29) is 12.2 Å². The molecule has 2 heterocycles. The Kier molecular flexibility index (Phi) is 4.55. The fraction of sp³-hybridized carbons (Fsp3) is 0.529. The van der Waals surface area contributed by atoms with Crippen LogP contribution in [0.3, 0.4) is 0 Å². The van der Waals surface area contributed by atoms with E-state index in [9.17, 15) is 9.90 Å². The third-order valence-electron chi connectivity index (χ3n) is 4.63. The predicted octanol–water partition coefficient (Wildman–Crippen LogP) is 1.67. The number of piperidine rings is 1. The minimum atomic E-state index is 0.0105. The van der Waals surface area contributed by atoms with Crippen LogP contribution in [0.1, 0.15) is 31.5 Å². The lowest BCUT2D eigenvalue weighted by molar-refractivity contribution is 0.108. The molecule has 3 rings (SSSR count). The molecule has 118 valence electrons. The van der Waals surface area contributed by atoms with Crippen LogP contribution in [-0.4, -0.2) is 38.8 Å². The Labute approximate surface area is 130 Å². The van der Waals surface area contributed by atoms with Crippen LogP contribution in [0.2, 0.25) is 0 Å². The summed E-state index contributed by atoms with van der Waals surface area (Å²) in [5.41, 5.74) is 0.771. The van der Waals surface area contributed by atoms with E-state index in [0.29, 0.717) is 18.0 Å². The molecular weight excluding hydrogens is 278 g/mol. The summed E-state index contributed by atoms with van der Waals surface area (Å²) in [6.45, 7) is 1.89. The monoisotopic (exact) mass is 301 g/mol. The number of para-hydroxylation sites is 1. The molecule has 0 radical (unpaired) electrons. The summed E-state index contributed by atoms with van der Waals surface area (Å²) >= 11 is 0. The van der Waals surface area contributed by atoms with Crippen LogP contribution in [0.25, 0.3) is 10.9 Å². The highest BCUT2D eigenvalue weighted by Crippen LogP contribution is 2.21. The molecule has 0 aliphatic carbocycles. The highest BCUT2D eigenvalue weighted by atomic mass is 16.3. The van der Waals surface area contributed by atoms with Gasteiger partial charge in [-0.05, 0) is 37.9 Å². The largest absolute Gasteiger partial charge is 0.396 e. The summed E-state index contributed by atoms with van der Waals surface area (Å²) in [6, 6.07) is 7.88. The van der Waals surface area contributed by atoms with Crippen molar-refractivity contribution in [2.75, 3.05) is 13.2 Å². The van der Waals surface area contributed by atoms with Crippen LogP contribution in [-0.2, 0) is 13.6 Å². The molecule has 2 aromatic rings. The molecule has 1 fully saturated rings. The molecule has 0 spiro atoms. The number of fused-ring (bicyclic) bond motifs is 1. The first kappa shape index (κ1) is 15.2. The van der Waals surface area contributed by atoms with Gasteiger partial charge in [-0.15, -0.1) is 0 Å². The fourth-order valence-electron chi connectivity index (χ4n) is 3.33. The second-order valence-electron chi connectivity index (χ2n) is 6.04. The average Bonchev–Trinajstić information content (AvgIpc) is 2.54. The summed E-state index contributed by atoms with van der Waals surface area (Å²) in [6.07, 6.45) is 4.29. The van der Waals surface area contributed by atoms with Crippen molar-refractivity contribution in [1.82, 2.24) is 14.5 Å². The number of benzene rings is 1. The van der Waals surface area contributed by atoms with Gasteiger partial charge in [0.15, 0.2) is 0 Å². The summed E-state index contributed by atoms with van der Waals surface area (Å²) in [5, 5.41) is 9.91. The van der Waals surface area contributed by atoms with Crippen molar-refractivity contribution in [3.8, 4) is 0 Å². The SMILES string of the molecule is Cn1c(CN2CCCCC2CCO)nc2ccccc2c1=O. The van der Waals surface area contributed by atoms with Crippen LogP contribution in [0.15, 0.2) is 29.1 Å². The summed E-state index contributed by atoms with van der Waals surface area (Å²) in [5.74, 6) is 0.800. The molecule has 1 aromatic carbocycles. The van der Waals surface area contributed by atoms with Gasteiger partial charge >= 0.3 is 0 Å². The molecule has 1 N–H and O–H groups in total. The zero-order valence-corrected chi connectivity index (χ0v) is 13.0. The van der Waals surface area contributed by atoms with Gasteiger partial charge in [0, 0.05) is 19.7 Å². The van der Waals surface area contributed by atoms with E-state index in [0.717, 1.165) is 30.7 Å². The van der Waals surface area contributed by atoms with E-state index >= 15 is 0 Å². The number of aromatic nitrogens is 2. The molecule has 0 bridgehead atoms. The summed E-state index contributed by atoms with van der Waals surface area (Å²) in [7, 11) is 1.79. The van der Waals surface area contributed by atoms with Crippen LogP contribution in [0.5, 0.6) is 0 Å². The normalized spacial score (nSPS) is 19.6. The number of hydrogen-bond donors (Lipinski definition) is 1. The van der Waals surface area contributed by atoms with E-state index in [4.69, 9.17) is 0 Å². The molecule has 5 nitrogen and oxygen atoms in total. The number of hydrogen-bond acceptors (Lipinski definition) is 4. The molecule has 1 unspecified atom stereocenters. The number of nitrogens with zero attached hydrogens (tertiary/aromatic N) is 3. The Morgan fingerprint density at radius 2 is 2.14 bits per heavy atom. The molecule has 1 aliphatic rings. The fourth-order valence-corrected chi connectivity index (χ4v) is 3.33. The minimum absolute atomic E-state index is 0.0105. The number of likely N-dealkylation sites (tertiary alicyclic amines) is 1. The van der Waals surface area contributed by atoms with Crippen LogP contribution in [0.4, 0.5) is 0 Å². The van der Waals surface area contributed by atoms with Gasteiger partial charge in [-0.3, -0.25) is 14.3 Å². The topological polar surface area (TPSA) is 58.4 Å². The number of aliphatic hydroxyl groups excluding tert-OH is 1. The summed E-state index contributed by atoms with van der Waals surface area (Å²) in [4.78, 5) is 19.5. The van der Waals surface area contributed by atoms with Gasteiger partial charge in [-0.2, -0.15) is 0 Å². The second-order valence-corrected chi connectivity index (χ2v) is 6.04. The quantitative estimate of drug-likeness (QED) is 0.933. The Balaban J connectivity index is 1.92. The van der Waals surface area contributed by atoms with Crippen molar-refractivity contribution in [3.05, 3.63) is 40.4 Å². The molecule has 1 atom stereocenters. The lowest BCUT2D eigenvalue weighted by Crippen LogP contribution is -2.41. The maximum atomic E-state index is 12.5. The minimum Gasteiger partial charge on any atom is -0.396 e. The lowest BCUT2D eigenvalue weighted by atomic mass is 9.99. The van der Waals surface area contributed by atoms with E-state index in [1.165, 1.54) is 12.8 Å². The molecule has 5 heteroatoms. The van der Waals surface area contributed by atoms with E-state index in [1.807, 2.05) is 24.3 Å². The van der Waals surface area contributed by atoms with Gasteiger partial charge in [0.05, 0.1) is 17.4 Å². The molecule has 0 saturated carbocycles. The highest BCUT2D eigenvalue weighted by molar-refractivity contribution is 5.77. The molecule has 0 amide bonds. The van der Waals surface area contributed by atoms with E-state index < -0.39 is 0 Å². The maximum absolute atomic E-state index is 12.5. The average molecular weight is 301 g/mol. The Morgan fingerprint density at radius 3 is 2.95 bits per heavy atom. The van der Waals surface area contributed by atoms with E-state index in [1.54, 1.807) is 11.6 Å². The Bertz CT molecular complexity index is 709. The Morgan fingerprint density at radius 1 is 1.32 bits per heavy atom. The first-order valence-corrected chi connectivity index (χ1v) is 8.00. The number of aliphatic hydroxyl groups is 1. The van der Waals surface area contributed by atoms with Gasteiger partial charge in [0.2, 0.25) is 0 Å². The smallest absolute Gasteiger partial charge is 0.261 e. The van der Waals surface area contributed by atoms with Gasteiger partial charge in [-0.1, -0.05) is 18.6 Å². The molecular formula is C17H23N3O2. The molecule has 22 heavy (non-hydrogen) atoms. The van der Waals surface area contributed by atoms with Gasteiger partial charge in [0.25, 0.3) is 5.56 Å². The third kappa shape index (κ3) is 2.91. The van der Waals surface area contributed by atoms with Crippen LogP contribution in [0, 0.1) is 0 Å². The first-order chi connectivity index (χ1) is 10.7. The van der Waals surface area contributed by atoms with Crippen molar-refractivity contribution in [3.63, 3.8) is 0 Å². The van der Waals surface area contributed by atoms with Gasteiger partial charge in [-0.25, -0.2) is 4.98 Å². The Hall–Kier alpha value is -1.72. The van der Waals surface area contributed by atoms with Crippen molar-refractivity contribution in [1.29, 1.82) is 0 Å². The van der Waals surface area contributed by atoms with Crippen molar-refractivity contribution in [2.24, 2.45) is 7.05 Å². The lowest BCUT2D eigenvalue weighted by Gasteiger charge is -2.35. The first-order valence-electron chi connectivity index (χ1n) is 8.00. The highest BCUT2D eigenvalue weighted by Gasteiger charge is 2.23. The van der Waals surface area contributed by atoms with Crippen molar-refractivity contribution in [2.45, 2.75) is 38.3 Å². The van der Waals surface area contributed by atoms with Gasteiger partial charge in [0.1, 0.15) is 5.82 Å². The van der Waals surface area contributed by atoms with Gasteiger partial charge < -0.3 is 5.11 Å². The molecule has 1 saturated heterocycles. The maximum Gasteiger partial charge on any atom is 0.261 e. The third-order valence-corrected chi connectivity index (χ3v) is 4.63. The standard InChI is InChI=1S/C17H23N3O2/c1-19-16(12-20-10-5-4-6-13(20)9-11-21)18-15-8-3-2-7-14(15)17(19)22/h2-3,7-8,13,21H,4-6,9-12H2,1H3. The molecule has 1 aromatic heterocycles. The zero-order valence-electron chi connectivity index (χ0n) is 13.0. The zero-order chi connectivity index (χ0) is 15.5. The summed E-state index contributed by atoms with van der Waals surface area (Å²) < 4.78 is 1.66. The van der Waals surface area contributed by atoms with Crippen LogP contribution < -0.4 is 5.56 Å². The van der Waals surface area contributed by atoms with Crippen molar-refractivity contribution < 1.29 is 5.11 Å². The van der Waals surface area contributed by atoms with Crippen LogP contribution >= 0.6 is 0 Å². The number of rotatable bonds is 4. The predicted molar refractivity (Wildman–Crippen MR) is 86.7 cm³/mol. The van der Waals surface area contributed by atoms with Crippen molar-refractivity contribution >= 4 is 10.9 Å². The van der Waals surface area contributed by atoms with E-state index in [2.05, 4.69) is 9.88 Å².